The van der Waals surface area contributed by atoms with Gasteiger partial charge in [0, 0.05) is 11.6 Å². The first-order valence-corrected chi connectivity index (χ1v) is 8.81. The van der Waals surface area contributed by atoms with Crippen LogP contribution < -0.4 is 11.0 Å². The number of aromatic nitrogens is 3. The summed E-state index contributed by atoms with van der Waals surface area (Å²) in [7, 11) is 0. The third kappa shape index (κ3) is 3.99. The monoisotopic (exact) mass is 356 g/mol. The van der Waals surface area contributed by atoms with E-state index in [4.69, 9.17) is 0 Å². The van der Waals surface area contributed by atoms with Gasteiger partial charge in [0.2, 0.25) is 5.91 Å². The van der Waals surface area contributed by atoms with Gasteiger partial charge in [-0.1, -0.05) is 44.2 Å². The molecule has 0 spiro atoms. The number of carbonyl (C=O) groups is 1. The summed E-state index contributed by atoms with van der Waals surface area (Å²) in [5.74, 6) is -0.251. The van der Waals surface area contributed by atoms with Crippen LogP contribution >= 0.6 is 0 Å². The summed E-state index contributed by atoms with van der Waals surface area (Å²) in [4.78, 5) is 28.7. The Labute approximate surface area is 152 Å². The predicted molar refractivity (Wildman–Crippen MR) is 97.6 cm³/mol. The average Bonchev–Trinajstić information content (AvgIpc) is 2.55. The van der Waals surface area contributed by atoms with Crippen LogP contribution in [-0.4, -0.2) is 37.4 Å². The Morgan fingerprint density at radius 1 is 1.35 bits per heavy atom. The zero-order valence-electron chi connectivity index (χ0n) is 15.3. The highest BCUT2D eigenvalue weighted by molar-refractivity contribution is 5.76. The lowest BCUT2D eigenvalue weighted by Gasteiger charge is -2.41. The van der Waals surface area contributed by atoms with Crippen molar-refractivity contribution in [2.75, 3.05) is 0 Å². The number of benzene rings is 1. The van der Waals surface area contributed by atoms with Gasteiger partial charge < -0.3 is 10.4 Å². The summed E-state index contributed by atoms with van der Waals surface area (Å²) in [6.45, 7) is 5.51. The second-order valence-electron chi connectivity index (χ2n) is 7.48. The van der Waals surface area contributed by atoms with Crippen LogP contribution in [0, 0.1) is 0 Å². The van der Waals surface area contributed by atoms with Crippen LogP contribution in [0.1, 0.15) is 45.2 Å². The van der Waals surface area contributed by atoms with Gasteiger partial charge in [-0.05, 0) is 25.7 Å². The molecular weight excluding hydrogens is 332 g/mol. The van der Waals surface area contributed by atoms with E-state index in [-0.39, 0.29) is 24.4 Å². The average molecular weight is 356 g/mol. The van der Waals surface area contributed by atoms with Crippen molar-refractivity contribution in [1.29, 1.82) is 0 Å². The molecule has 1 heterocycles. The highest BCUT2D eigenvalue weighted by Crippen LogP contribution is 2.31. The molecule has 138 valence electrons. The molecule has 0 bridgehead atoms. The van der Waals surface area contributed by atoms with Gasteiger partial charge in [0.1, 0.15) is 6.54 Å². The molecule has 0 atom stereocenters. The molecule has 7 heteroatoms. The zero-order chi connectivity index (χ0) is 18.9. The number of nitrogens with one attached hydrogen (secondary N) is 1. The van der Waals surface area contributed by atoms with Crippen molar-refractivity contribution in [2.45, 2.75) is 57.7 Å². The van der Waals surface area contributed by atoms with E-state index in [1.165, 1.54) is 0 Å². The molecular formula is C19H24N4O3. The van der Waals surface area contributed by atoms with Crippen LogP contribution in [0.3, 0.4) is 0 Å². The van der Waals surface area contributed by atoms with Gasteiger partial charge >= 0.3 is 5.69 Å². The molecule has 2 aromatic rings. The lowest BCUT2D eigenvalue weighted by molar-refractivity contribution is -0.125. The van der Waals surface area contributed by atoms with E-state index in [0.717, 1.165) is 10.2 Å². The first kappa shape index (κ1) is 18.3. The van der Waals surface area contributed by atoms with Gasteiger partial charge in [0.05, 0.1) is 17.0 Å². The molecule has 0 aliphatic heterocycles. The molecule has 0 radical (unpaired) electrons. The van der Waals surface area contributed by atoms with Gasteiger partial charge in [0.15, 0.2) is 0 Å². The number of amides is 1. The quantitative estimate of drug-likeness (QED) is 0.845. The number of carbonyl (C=O) groups excluding carboxylic acids is 1. The summed E-state index contributed by atoms with van der Waals surface area (Å²) in [5, 5.41) is 17.0. The van der Waals surface area contributed by atoms with Crippen LogP contribution in [0.15, 0.2) is 35.1 Å². The van der Waals surface area contributed by atoms with Gasteiger partial charge in [-0.3, -0.25) is 4.79 Å². The van der Waals surface area contributed by atoms with Gasteiger partial charge in [-0.15, -0.1) is 0 Å². The molecule has 1 aromatic heterocycles. The second kappa shape index (κ2) is 6.99. The van der Waals surface area contributed by atoms with Crippen LogP contribution in [0.5, 0.6) is 0 Å². The maximum Gasteiger partial charge on any atom is 0.365 e. The van der Waals surface area contributed by atoms with E-state index < -0.39 is 11.3 Å². The minimum Gasteiger partial charge on any atom is -0.390 e. The van der Waals surface area contributed by atoms with E-state index in [1.54, 1.807) is 6.92 Å². The largest absolute Gasteiger partial charge is 0.390 e. The fourth-order valence-electron chi connectivity index (χ4n) is 3.24. The fourth-order valence-corrected chi connectivity index (χ4v) is 3.24. The van der Waals surface area contributed by atoms with E-state index >= 15 is 0 Å². The summed E-state index contributed by atoms with van der Waals surface area (Å²) in [6.07, 6.45) is 1.03. The summed E-state index contributed by atoms with van der Waals surface area (Å²) in [5.41, 5.74) is 0.794. The van der Waals surface area contributed by atoms with Crippen LogP contribution in [0.4, 0.5) is 0 Å². The van der Waals surface area contributed by atoms with Crippen LogP contribution in [0.2, 0.25) is 0 Å². The Morgan fingerprint density at radius 2 is 2.00 bits per heavy atom. The minimum atomic E-state index is -0.712. The molecule has 1 saturated carbocycles. The maximum atomic E-state index is 12.4. The molecule has 1 aliphatic rings. The highest BCUT2D eigenvalue weighted by Gasteiger charge is 2.39. The Balaban J connectivity index is 1.81. The molecule has 1 aliphatic carbocycles. The standard InChI is InChI=1S/C19H24N4O3/c1-12(2)16-17(13-7-5-4-6-8-13)21-18(25)23(22-16)11-15(24)20-14-9-19(3,26)10-14/h4-8,12,14,26H,9-11H2,1-3H3,(H,20,24)/t14-,19-. The molecule has 1 fully saturated rings. The second-order valence-corrected chi connectivity index (χ2v) is 7.48. The van der Waals surface area contributed by atoms with Crippen molar-refractivity contribution in [2.24, 2.45) is 0 Å². The van der Waals surface area contributed by atoms with E-state index in [2.05, 4.69) is 15.4 Å². The number of hydrogen-bond donors (Lipinski definition) is 2. The van der Waals surface area contributed by atoms with Crippen molar-refractivity contribution >= 4 is 5.91 Å². The first-order valence-electron chi connectivity index (χ1n) is 8.81. The molecule has 7 nitrogen and oxygen atoms in total. The third-order valence-electron chi connectivity index (χ3n) is 4.52. The Morgan fingerprint density at radius 3 is 2.58 bits per heavy atom. The molecule has 3 rings (SSSR count). The van der Waals surface area contributed by atoms with E-state index in [1.807, 2.05) is 44.2 Å². The van der Waals surface area contributed by atoms with Crippen molar-refractivity contribution in [3.05, 3.63) is 46.5 Å². The predicted octanol–water partition coefficient (Wildman–Crippen LogP) is 1.46. The fraction of sp³-hybridized carbons (Fsp3) is 0.474. The molecule has 0 unspecified atom stereocenters. The third-order valence-corrected chi connectivity index (χ3v) is 4.52. The SMILES string of the molecule is CC(C)c1nn(CC(=O)N[C@H]2C[C@](C)(O)C2)c(=O)nc1-c1ccccc1. The molecule has 1 aromatic carbocycles. The van der Waals surface area contributed by atoms with Gasteiger partial charge in [-0.25, -0.2) is 9.48 Å². The van der Waals surface area contributed by atoms with Crippen LogP contribution in [-0.2, 0) is 11.3 Å². The van der Waals surface area contributed by atoms with Crippen molar-refractivity contribution in [1.82, 2.24) is 20.1 Å². The topological polar surface area (TPSA) is 97.1 Å². The number of hydrogen-bond acceptors (Lipinski definition) is 5. The summed E-state index contributed by atoms with van der Waals surface area (Å²) >= 11 is 0. The van der Waals surface area contributed by atoms with Gasteiger partial charge in [0.25, 0.3) is 0 Å². The van der Waals surface area contributed by atoms with E-state index in [9.17, 15) is 14.7 Å². The normalized spacial score (nSPS) is 22.1. The van der Waals surface area contributed by atoms with Gasteiger partial charge in [-0.2, -0.15) is 10.1 Å². The van der Waals surface area contributed by atoms with Crippen LogP contribution in [0.25, 0.3) is 11.3 Å². The number of rotatable bonds is 5. The maximum absolute atomic E-state index is 12.4. The Bertz CT molecular complexity index is 851. The number of aliphatic hydroxyl groups is 1. The molecule has 26 heavy (non-hydrogen) atoms. The highest BCUT2D eigenvalue weighted by atomic mass is 16.3. The van der Waals surface area contributed by atoms with Crippen molar-refractivity contribution in [3.63, 3.8) is 0 Å². The first-order chi connectivity index (χ1) is 12.2. The molecule has 1 amide bonds. The Kier molecular flexibility index (Phi) is 4.91. The van der Waals surface area contributed by atoms with Crippen molar-refractivity contribution < 1.29 is 9.90 Å². The molecule has 0 saturated heterocycles. The zero-order valence-corrected chi connectivity index (χ0v) is 15.3. The van der Waals surface area contributed by atoms with E-state index in [0.29, 0.717) is 24.2 Å². The summed E-state index contributed by atoms with van der Waals surface area (Å²) < 4.78 is 1.11. The Hall–Kier alpha value is -2.54. The minimum absolute atomic E-state index is 0.0503. The lowest BCUT2D eigenvalue weighted by atomic mass is 9.77. The summed E-state index contributed by atoms with van der Waals surface area (Å²) in [6, 6.07) is 9.37. The smallest absolute Gasteiger partial charge is 0.365 e. The number of nitrogens with zero attached hydrogens (tertiary/aromatic N) is 3. The lowest BCUT2D eigenvalue weighted by Crippen LogP contribution is -2.54. The van der Waals surface area contributed by atoms with Crippen molar-refractivity contribution in [3.8, 4) is 11.3 Å². The molecule has 2 N–H and O–H groups in total.